The Morgan fingerprint density at radius 2 is 1.87 bits per heavy atom. The fourth-order valence-electron chi connectivity index (χ4n) is 6.11. The normalized spacial score (nSPS) is 20.6. The minimum atomic E-state index is -0.157. The molecule has 0 amide bonds. The van der Waals surface area contributed by atoms with Gasteiger partial charge < -0.3 is 14.4 Å². The van der Waals surface area contributed by atoms with Gasteiger partial charge in [-0.05, 0) is 54.9 Å². The van der Waals surface area contributed by atoms with E-state index in [1.54, 1.807) is 7.11 Å². The molecule has 1 saturated carbocycles. The molecule has 0 radical (unpaired) electrons. The van der Waals surface area contributed by atoms with E-state index in [2.05, 4.69) is 59.1 Å². The second kappa shape index (κ2) is 12.9. The molecule has 1 unspecified atom stereocenters. The number of anilines is 1. The lowest BCUT2D eigenvalue weighted by Gasteiger charge is -2.36. The summed E-state index contributed by atoms with van der Waals surface area (Å²) in [5, 5.41) is 4.62. The highest BCUT2D eigenvalue weighted by atomic mass is 16.5. The molecular formula is C32H44N4O3. The molecule has 210 valence electrons. The Morgan fingerprint density at radius 1 is 1.08 bits per heavy atom. The summed E-state index contributed by atoms with van der Waals surface area (Å²) in [5.74, 6) is 2.48. The van der Waals surface area contributed by atoms with Crippen LogP contribution in [0.5, 0.6) is 11.5 Å². The number of aryl methyl sites for hydroxylation is 1. The van der Waals surface area contributed by atoms with Gasteiger partial charge in [-0.1, -0.05) is 63.3 Å². The van der Waals surface area contributed by atoms with Gasteiger partial charge in [0, 0.05) is 32.7 Å². The Balaban J connectivity index is 1.31. The third-order valence-electron chi connectivity index (χ3n) is 8.50. The van der Waals surface area contributed by atoms with Crippen molar-refractivity contribution in [1.29, 1.82) is 0 Å². The zero-order chi connectivity index (χ0) is 27.2. The Labute approximate surface area is 233 Å². The maximum Gasteiger partial charge on any atom is 0.315 e. The number of hydrogen-bond acceptors (Lipinski definition) is 6. The number of ether oxygens (including phenoxy) is 2. The van der Waals surface area contributed by atoms with Crippen molar-refractivity contribution in [2.75, 3.05) is 44.8 Å². The summed E-state index contributed by atoms with van der Waals surface area (Å²) >= 11 is 0. The van der Waals surface area contributed by atoms with Crippen LogP contribution in [0.15, 0.2) is 47.4 Å². The first-order valence-corrected chi connectivity index (χ1v) is 14.8. The fraction of sp³-hybridized carbons (Fsp3) is 0.562. The van der Waals surface area contributed by atoms with Crippen LogP contribution in [-0.4, -0.2) is 54.6 Å². The maximum absolute atomic E-state index is 13.8. The van der Waals surface area contributed by atoms with E-state index in [0.29, 0.717) is 24.2 Å². The number of rotatable bonds is 9. The summed E-state index contributed by atoms with van der Waals surface area (Å²) in [6.45, 7) is 9.17. The van der Waals surface area contributed by atoms with Gasteiger partial charge in [0.15, 0.2) is 0 Å². The molecule has 5 rings (SSSR count). The number of piperazine rings is 1. The van der Waals surface area contributed by atoms with E-state index in [0.717, 1.165) is 68.3 Å². The fourth-order valence-corrected chi connectivity index (χ4v) is 6.11. The summed E-state index contributed by atoms with van der Waals surface area (Å²) in [6.07, 6.45) is 16.6. The van der Waals surface area contributed by atoms with Crippen LogP contribution >= 0.6 is 0 Å². The molecule has 1 atom stereocenters. The van der Waals surface area contributed by atoms with E-state index in [4.69, 9.17) is 9.47 Å². The molecule has 3 aliphatic rings. The van der Waals surface area contributed by atoms with Crippen LogP contribution in [0, 0.1) is 18.8 Å². The summed E-state index contributed by atoms with van der Waals surface area (Å²) in [4.78, 5) is 18.5. The standard InChI is InChI=1S/C32H44N4O3/c1-24-8-7-11-28(20-24)36-32(37)31(39-19-14-26-9-5-4-6-10-26)29(22-33-36)35-17-15-34(16-18-35)23-27-13-12-25(2)30(21-27)38-3/h7,11-13,20-22,24,26H,4-6,8-10,14-19,23H2,1-3H3. The van der Waals surface area contributed by atoms with Crippen molar-refractivity contribution in [2.24, 2.45) is 11.8 Å². The van der Waals surface area contributed by atoms with Crippen molar-refractivity contribution in [3.63, 3.8) is 0 Å². The summed E-state index contributed by atoms with van der Waals surface area (Å²) in [6, 6.07) is 6.44. The number of allylic oxidation sites excluding steroid dienone is 4. The maximum atomic E-state index is 13.8. The molecule has 7 nitrogen and oxygen atoms in total. The largest absolute Gasteiger partial charge is 0.496 e. The molecule has 2 heterocycles. The van der Waals surface area contributed by atoms with E-state index in [9.17, 15) is 4.79 Å². The average Bonchev–Trinajstić information content (AvgIpc) is 2.96. The molecule has 0 bridgehead atoms. The van der Waals surface area contributed by atoms with Crippen molar-refractivity contribution in [2.45, 2.75) is 65.3 Å². The monoisotopic (exact) mass is 532 g/mol. The molecule has 7 heteroatoms. The number of aromatic nitrogens is 2. The number of hydrogen-bond donors (Lipinski definition) is 0. The quantitative estimate of drug-likeness (QED) is 0.415. The lowest BCUT2D eigenvalue weighted by Crippen LogP contribution is -2.46. The van der Waals surface area contributed by atoms with Crippen molar-refractivity contribution in [3.05, 3.63) is 64.1 Å². The molecule has 1 aliphatic heterocycles. The first kappa shape index (κ1) is 27.5. The third-order valence-corrected chi connectivity index (χ3v) is 8.50. The Kier molecular flexibility index (Phi) is 9.07. The second-order valence-electron chi connectivity index (χ2n) is 11.5. The number of nitrogens with zero attached hydrogens (tertiary/aromatic N) is 4. The predicted molar refractivity (Wildman–Crippen MR) is 158 cm³/mol. The Morgan fingerprint density at radius 3 is 2.62 bits per heavy atom. The van der Waals surface area contributed by atoms with Gasteiger partial charge in [-0.3, -0.25) is 9.69 Å². The zero-order valence-corrected chi connectivity index (χ0v) is 23.9. The van der Waals surface area contributed by atoms with Gasteiger partial charge in [0.1, 0.15) is 11.4 Å². The minimum absolute atomic E-state index is 0.157. The van der Waals surface area contributed by atoms with Crippen LogP contribution in [0.2, 0.25) is 0 Å². The molecule has 2 fully saturated rings. The van der Waals surface area contributed by atoms with Gasteiger partial charge in [0.25, 0.3) is 0 Å². The van der Waals surface area contributed by atoms with Gasteiger partial charge in [0.05, 0.1) is 25.6 Å². The molecule has 1 aromatic carbocycles. The van der Waals surface area contributed by atoms with E-state index >= 15 is 0 Å². The van der Waals surface area contributed by atoms with E-state index < -0.39 is 0 Å². The second-order valence-corrected chi connectivity index (χ2v) is 11.5. The SMILES string of the molecule is COc1cc(CN2CCN(c3cnn(C4=CC(C)CC=C4)c(=O)c3OCCC3CCCCC3)CC2)ccc1C. The zero-order valence-electron chi connectivity index (χ0n) is 23.9. The number of methoxy groups -OCH3 is 1. The van der Waals surface area contributed by atoms with Crippen LogP contribution in [-0.2, 0) is 6.54 Å². The Hall–Kier alpha value is -3.06. The first-order valence-electron chi connectivity index (χ1n) is 14.8. The molecule has 1 saturated heterocycles. The van der Waals surface area contributed by atoms with E-state index in [1.807, 2.05) is 12.3 Å². The van der Waals surface area contributed by atoms with E-state index in [-0.39, 0.29) is 5.56 Å². The topological polar surface area (TPSA) is 59.8 Å². The smallest absolute Gasteiger partial charge is 0.315 e. The average molecular weight is 533 g/mol. The van der Waals surface area contributed by atoms with Crippen LogP contribution in [0.3, 0.4) is 0 Å². The summed E-state index contributed by atoms with van der Waals surface area (Å²) in [7, 11) is 1.73. The molecule has 39 heavy (non-hydrogen) atoms. The van der Waals surface area contributed by atoms with Crippen molar-refractivity contribution >= 4 is 11.4 Å². The lowest BCUT2D eigenvalue weighted by atomic mass is 9.87. The molecule has 1 aromatic heterocycles. The van der Waals surface area contributed by atoms with Gasteiger partial charge in [-0.15, -0.1) is 0 Å². The summed E-state index contributed by atoms with van der Waals surface area (Å²) < 4.78 is 13.4. The van der Waals surface area contributed by atoms with Gasteiger partial charge >= 0.3 is 5.56 Å². The van der Waals surface area contributed by atoms with Gasteiger partial charge in [-0.25, -0.2) is 0 Å². The van der Waals surface area contributed by atoms with Crippen molar-refractivity contribution in [3.8, 4) is 11.5 Å². The van der Waals surface area contributed by atoms with Crippen LogP contribution < -0.4 is 19.9 Å². The van der Waals surface area contributed by atoms with E-state index in [1.165, 1.54) is 42.3 Å². The molecular weight excluding hydrogens is 488 g/mol. The van der Waals surface area contributed by atoms with Crippen molar-refractivity contribution < 1.29 is 9.47 Å². The molecule has 0 spiro atoms. The highest BCUT2D eigenvalue weighted by molar-refractivity contribution is 5.62. The third kappa shape index (κ3) is 6.75. The minimum Gasteiger partial charge on any atom is -0.496 e. The number of benzene rings is 1. The van der Waals surface area contributed by atoms with Crippen LogP contribution in [0.1, 0.15) is 63.0 Å². The molecule has 0 N–H and O–H groups in total. The highest BCUT2D eigenvalue weighted by Gasteiger charge is 2.25. The predicted octanol–water partition coefficient (Wildman–Crippen LogP) is 5.67. The summed E-state index contributed by atoms with van der Waals surface area (Å²) in [5.41, 5.74) is 3.91. The molecule has 2 aromatic rings. The van der Waals surface area contributed by atoms with Crippen LogP contribution in [0.25, 0.3) is 5.70 Å². The lowest BCUT2D eigenvalue weighted by molar-refractivity contribution is 0.237. The molecule has 2 aliphatic carbocycles. The van der Waals surface area contributed by atoms with Gasteiger partial charge in [-0.2, -0.15) is 9.78 Å². The first-order chi connectivity index (χ1) is 19.0. The highest BCUT2D eigenvalue weighted by Crippen LogP contribution is 2.30. The van der Waals surface area contributed by atoms with Crippen LogP contribution in [0.4, 0.5) is 5.69 Å². The van der Waals surface area contributed by atoms with Gasteiger partial charge in [0.2, 0.25) is 5.75 Å². The van der Waals surface area contributed by atoms with Crippen molar-refractivity contribution in [1.82, 2.24) is 14.7 Å². The Bertz CT molecular complexity index is 1240.